The van der Waals surface area contributed by atoms with E-state index in [1.165, 1.54) is 13.3 Å². The van der Waals surface area contributed by atoms with E-state index in [1.54, 1.807) is 31.4 Å². The van der Waals surface area contributed by atoms with Gasteiger partial charge in [0.1, 0.15) is 23.0 Å². The quantitative estimate of drug-likeness (QED) is 0.483. The first kappa shape index (κ1) is 19.5. The average molecular weight is 399 g/mol. The van der Waals surface area contributed by atoms with Gasteiger partial charge in [0.05, 0.1) is 26.0 Å². The summed E-state index contributed by atoms with van der Waals surface area (Å²) in [4.78, 5) is 12.3. The molecule has 0 fully saturated rings. The molecule has 28 heavy (non-hydrogen) atoms. The Morgan fingerprint density at radius 1 is 1.11 bits per heavy atom. The zero-order valence-electron chi connectivity index (χ0n) is 15.7. The number of hydrogen-bond acceptors (Lipinski definition) is 5. The van der Waals surface area contributed by atoms with E-state index in [0.717, 1.165) is 11.1 Å². The fraction of sp³-hybridized carbons (Fsp3) is 0.143. The number of aryl methyl sites for hydroxylation is 1. The van der Waals surface area contributed by atoms with Gasteiger partial charge in [-0.05, 0) is 42.8 Å². The van der Waals surface area contributed by atoms with Gasteiger partial charge in [-0.2, -0.15) is 5.10 Å². The highest BCUT2D eigenvalue weighted by atomic mass is 35.5. The van der Waals surface area contributed by atoms with E-state index in [0.29, 0.717) is 33.6 Å². The maximum atomic E-state index is 12.3. The molecule has 0 radical (unpaired) electrons. The number of ether oxygens (including phenoxy) is 2. The van der Waals surface area contributed by atoms with Crippen LogP contribution in [0.3, 0.4) is 0 Å². The zero-order valence-corrected chi connectivity index (χ0v) is 16.4. The number of amides is 1. The fourth-order valence-corrected chi connectivity index (χ4v) is 2.70. The molecule has 1 amide bonds. The Morgan fingerprint density at radius 2 is 1.93 bits per heavy atom. The number of carbonyl (C=O) groups is 1. The van der Waals surface area contributed by atoms with E-state index in [-0.39, 0.29) is 0 Å². The zero-order chi connectivity index (χ0) is 20.1. The van der Waals surface area contributed by atoms with Gasteiger partial charge in [0.15, 0.2) is 0 Å². The first-order valence-corrected chi connectivity index (χ1v) is 8.81. The summed E-state index contributed by atoms with van der Waals surface area (Å²) in [6.07, 6.45) is 1.42. The molecule has 3 rings (SSSR count). The van der Waals surface area contributed by atoms with E-state index in [2.05, 4.69) is 10.5 Å². The van der Waals surface area contributed by atoms with E-state index < -0.39 is 5.91 Å². The molecule has 0 unspecified atom stereocenters. The summed E-state index contributed by atoms with van der Waals surface area (Å²) >= 11 is 6.16. The van der Waals surface area contributed by atoms with E-state index >= 15 is 0 Å². The lowest BCUT2D eigenvalue weighted by atomic mass is 10.1. The predicted octanol–water partition coefficient (Wildman–Crippen LogP) is 4.69. The summed E-state index contributed by atoms with van der Waals surface area (Å²) in [7, 11) is 3.03. The van der Waals surface area contributed by atoms with Crippen LogP contribution >= 0.6 is 11.6 Å². The van der Waals surface area contributed by atoms with Crippen molar-refractivity contribution in [3.63, 3.8) is 0 Å². The van der Waals surface area contributed by atoms with Crippen LogP contribution in [0, 0.1) is 6.92 Å². The number of nitrogens with zero attached hydrogens (tertiary/aromatic N) is 1. The molecular formula is C21H19ClN2O4. The molecule has 0 saturated carbocycles. The molecule has 0 atom stereocenters. The fourth-order valence-electron chi connectivity index (χ4n) is 2.52. The van der Waals surface area contributed by atoms with Gasteiger partial charge in [0.25, 0.3) is 5.91 Å². The number of nitrogens with one attached hydrogen (secondary N) is 1. The molecule has 0 spiro atoms. The Balaban J connectivity index is 1.69. The van der Waals surface area contributed by atoms with Crippen molar-refractivity contribution >= 4 is 23.7 Å². The van der Waals surface area contributed by atoms with Crippen LogP contribution in [0.2, 0.25) is 5.02 Å². The monoisotopic (exact) mass is 398 g/mol. The number of rotatable bonds is 6. The highest BCUT2D eigenvalue weighted by molar-refractivity contribution is 6.31. The molecule has 0 saturated heterocycles. The minimum absolute atomic E-state index is 0.342. The highest BCUT2D eigenvalue weighted by Gasteiger charge is 2.12. The summed E-state index contributed by atoms with van der Waals surface area (Å²) in [6.45, 7) is 1.94. The normalized spacial score (nSPS) is 10.9. The van der Waals surface area contributed by atoms with Gasteiger partial charge in [-0.1, -0.05) is 23.7 Å². The van der Waals surface area contributed by atoms with Crippen molar-refractivity contribution < 1.29 is 18.7 Å². The van der Waals surface area contributed by atoms with Gasteiger partial charge in [-0.25, -0.2) is 5.43 Å². The van der Waals surface area contributed by atoms with Gasteiger partial charge in [0, 0.05) is 16.7 Å². The predicted molar refractivity (Wildman–Crippen MR) is 108 cm³/mol. The van der Waals surface area contributed by atoms with Gasteiger partial charge in [-0.15, -0.1) is 0 Å². The number of hydrazone groups is 1. The second kappa shape index (κ2) is 8.63. The van der Waals surface area contributed by atoms with Crippen LogP contribution in [0.4, 0.5) is 0 Å². The lowest BCUT2D eigenvalue weighted by molar-refractivity contribution is 0.0952. The largest absolute Gasteiger partial charge is 0.497 e. The summed E-state index contributed by atoms with van der Waals surface area (Å²) in [5, 5.41) is 4.61. The Labute approximate surface area is 167 Å². The molecule has 0 bridgehead atoms. The third-order valence-corrected chi connectivity index (χ3v) is 4.50. The van der Waals surface area contributed by atoms with Crippen LogP contribution in [0.25, 0.3) is 11.3 Å². The maximum absolute atomic E-state index is 12.3. The number of furan rings is 1. The lowest BCUT2D eigenvalue weighted by Gasteiger charge is -2.08. The number of benzene rings is 2. The SMILES string of the molecule is COc1ccc(C(=O)NN=Cc2ccc(-c3ccc(C)c(Cl)c3)o2)c(OC)c1. The molecule has 6 nitrogen and oxygen atoms in total. The van der Waals surface area contributed by atoms with Gasteiger partial charge >= 0.3 is 0 Å². The molecular weight excluding hydrogens is 380 g/mol. The summed E-state index contributed by atoms with van der Waals surface area (Å²) in [6, 6.07) is 14.2. The van der Waals surface area contributed by atoms with Crippen molar-refractivity contribution in [1.82, 2.24) is 5.43 Å². The first-order valence-electron chi connectivity index (χ1n) is 8.43. The second-order valence-electron chi connectivity index (χ2n) is 5.93. The molecule has 1 aromatic heterocycles. The molecule has 1 N–H and O–H groups in total. The van der Waals surface area contributed by atoms with Crippen molar-refractivity contribution in [2.24, 2.45) is 5.10 Å². The highest BCUT2D eigenvalue weighted by Crippen LogP contribution is 2.27. The van der Waals surface area contributed by atoms with Gasteiger partial charge in [0.2, 0.25) is 0 Å². The molecule has 3 aromatic rings. The van der Waals surface area contributed by atoms with Crippen molar-refractivity contribution in [2.75, 3.05) is 14.2 Å². The van der Waals surface area contributed by atoms with Gasteiger partial charge < -0.3 is 13.9 Å². The topological polar surface area (TPSA) is 73.1 Å². The Kier molecular flexibility index (Phi) is 6.01. The van der Waals surface area contributed by atoms with E-state index in [9.17, 15) is 4.79 Å². The molecule has 1 heterocycles. The Hall–Kier alpha value is -3.25. The van der Waals surface area contributed by atoms with Crippen LogP contribution in [0.5, 0.6) is 11.5 Å². The summed E-state index contributed by atoms with van der Waals surface area (Å²) in [5.74, 6) is 1.73. The molecule has 144 valence electrons. The number of carbonyl (C=O) groups excluding carboxylic acids is 1. The van der Waals surface area contributed by atoms with Crippen molar-refractivity contribution in [2.45, 2.75) is 6.92 Å². The van der Waals surface area contributed by atoms with Crippen LogP contribution in [-0.2, 0) is 0 Å². The van der Waals surface area contributed by atoms with E-state index in [4.69, 9.17) is 25.5 Å². The maximum Gasteiger partial charge on any atom is 0.275 e. The molecule has 7 heteroatoms. The van der Waals surface area contributed by atoms with Crippen LogP contribution < -0.4 is 14.9 Å². The number of methoxy groups -OCH3 is 2. The van der Waals surface area contributed by atoms with Crippen molar-refractivity contribution in [3.05, 3.63) is 70.4 Å². The minimum Gasteiger partial charge on any atom is -0.497 e. The smallest absolute Gasteiger partial charge is 0.275 e. The Bertz CT molecular complexity index is 1030. The number of hydrogen-bond donors (Lipinski definition) is 1. The van der Waals surface area contributed by atoms with Crippen LogP contribution in [0.15, 0.2) is 58.0 Å². The molecule has 2 aromatic carbocycles. The third kappa shape index (κ3) is 4.35. The van der Waals surface area contributed by atoms with Crippen molar-refractivity contribution in [1.29, 1.82) is 0 Å². The van der Waals surface area contributed by atoms with E-state index in [1.807, 2.05) is 31.2 Å². The van der Waals surface area contributed by atoms with Crippen LogP contribution in [-0.4, -0.2) is 26.3 Å². The van der Waals surface area contributed by atoms with Gasteiger partial charge in [-0.3, -0.25) is 4.79 Å². The average Bonchev–Trinajstić information content (AvgIpc) is 3.18. The third-order valence-electron chi connectivity index (χ3n) is 4.09. The lowest BCUT2D eigenvalue weighted by Crippen LogP contribution is -2.18. The molecule has 0 aliphatic rings. The Morgan fingerprint density at radius 3 is 2.64 bits per heavy atom. The minimum atomic E-state index is -0.409. The summed E-state index contributed by atoms with van der Waals surface area (Å²) < 4.78 is 16.1. The summed E-state index contributed by atoms with van der Waals surface area (Å²) in [5.41, 5.74) is 4.66. The second-order valence-corrected chi connectivity index (χ2v) is 6.34. The first-order chi connectivity index (χ1) is 13.5. The molecule has 0 aliphatic carbocycles. The number of halogens is 1. The molecule has 0 aliphatic heterocycles. The standard InChI is InChI=1S/C21H19ClN2O4/c1-13-4-5-14(10-18(13)22)19-9-7-16(28-19)12-23-24-21(25)17-8-6-15(26-2)11-20(17)27-3/h4-12H,1-3H3,(H,24,25). The van der Waals surface area contributed by atoms with Crippen molar-refractivity contribution in [3.8, 4) is 22.8 Å². The van der Waals surface area contributed by atoms with Crippen LogP contribution in [0.1, 0.15) is 21.7 Å².